The van der Waals surface area contributed by atoms with Gasteiger partial charge in [0.1, 0.15) is 17.1 Å². The second-order valence-electron chi connectivity index (χ2n) is 11.3. The largest absolute Gasteiger partial charge is 0.504 e. The fourth-order valence-electron chi connectivity index (χ4n) is 5.39. The molecule has 0 saturated carbocycles. The van der Waals surface area contributed by atoms with Crippen LogP contribution in [0.2, 0.25) is 0 Å². The minimum atomic E-state index is -4.24. The molecule has 1 aliphatic heterocycles. The number of halogens is 2. The molecular weight excluding hydrogens is 620 g/mol. The summed E-state index contributed by atoms with van der Waals surface area (Å²) >= 11 is 0. The Bertz CT molecular complexity index is 2120. The van der Waals surface area contributed by atoms with Crippen molar-refractivity contribution in [1.29, 1.82) is 0 Å². The molecule has 0 aliphatic carbocycles. The molecule has 240 valence electrons. The molecule has 0 unspecified atom stereocenters. The van der Waals surface area contributed by atoms with E-state index in [0.717, 1.165) is 62.2 Å². The summed E-state index contributed by atoms with van der Waals surface area (Å²) < 4.78 is 64.5. The normalized spacial score (nSPS) is 14.5. The van der Waals surface area contributed by atoms with E-state index in [9.17, 15) is 32.2 Å². The number of sulfonamides is 1. The Kier molecular flexibility index (Phi) is 8.19. The van der Waals surface area contributed by atoms with Crippen molar-refractivity contribution in [3.8, 4) is 34.1 Å². The Morgan fingerprint density at radius 1 is 0.891 bits per heavy atom. The Morgan fingerprint density at radius 3 is 2.35 bits per heavy atom. The van der Waals surface area contributed by atoms with E-state index in [4.69, 9.17) is 4.74 Å². The number of aromatic nitrogens is 2. The van der Waals surface area contributed by atoms with Crippen molar-refractivity contribution < 1.29 is 32.1 Å². The van der Waals surface area contributed by atoms with E-state index in [1.807, 2.05) is 6.07 Å². The van der Waals surface area contributed by atoms with E-state index in [1.165, 1.54) is 22.8 Å². The quantitative estimate of drug-likeness (QED) is 0.179. The number of aryl methyl sites for hydroxylation is 1. The Morgan fingerprint density at radius 2 is 1.63 bits per heavy atom. The first-order chi connectivity index (χ1) is 21.9. The lowest BCUT2D eigenvalue weighted by molar-refractivity contribution is 0.147. The molecule has 0 radical (unpaired) electrons. The Labute approximate surface area is 262 Å². The number of hydrogen-bond acceptors (Lipinski definition) is 8. The molecule has 6 rings (SSSR count). The summed E-state index contributed by atoms with van der Waals surface area (Å²) in [5.74, 6) is -2.97. The van der Waals surface area contributed by atoms with Crippen LogP contribution in [-0.2, 0) is 23.6 Å². The number of nitrogens with zero attached hydrogens (tertiary/aromatic N) is 3. The van der Waals surface area contributed by atoms with Crippen LogP contribution in [-0.4, -0.2) is 71.2 Å². The van der Waals surface area contributed by atoms with Crippen LogP contribution in [0.3, 0.4) is 0 Å². The number of aromatic hydroxyl groups is 2. The van der Waals surface area contributed by atoms with Gasteiger partial charge >= 0.3 is 0 Å². The maximum absolute atomic E-state index is 14.7. The topological polar surface area (TPSA) is 140 Å². The third-order valence-corrected chi connectivity index (χ3v) is 9.28. The van der Waals surface area contributed by atoms with Gasteiger partial charge in [-0.2, -0.15) is 0 Å². The van der Waals surface area contributed by atoms with Crippen molar-refractivity contribution in [2.45, 2.75) is 11.4 Å². The Balaban J connectivity index is 1.46. The fraction of sp³-hybridized carbons (Fsp3) is 0.219. The van der Waals surface area contributed by atoms with E-state index in [1.54, 1.807) is 13.2 Å². The number of ether oxygens (including phenoxy) is 1. The lowest BCUT2D eigenvalue weighted by Gasteiger charge is -2.31. The monoisotopic (exact) mass is 651 g/mol. The molecule has 5 aromatic rings. The Hall–Kier alpha value is -4.92. The van der Waals surface area contributed by atoms with Gasteiger partial charge in [0.15, 0.2) is 23.1 Å². The van der Waals surface area contributed by atoms with E-state index in [2.05, 4.69) is 26.6 Å². The molecule has 1 aliphatic rings. The van der Waals surface area contributed by atoms with Gasteiger partial charge in [0.05, 0.1) is 4.90 Å². The average molecular weight is 652 g/mol. The van der Waals surface area contributed by atoms with E-state index >= 15 is 0 Å². The van der Waals surface area contributed by atoms with Crippen LogP contribution >= 0.6 is 0 Å². The highest BCUT2D eigenvalue weighted by molar-refractivity contribution is 7.92. The summed E-state index contributed by atoms with van der Waals surface area (Å²) in [7, 11) is -0.597. The van der Waals surface area contributed by atoms with E-state index < -0.39 is 33.2 Å². The fourth-order valence-corrected chi connectivity index (χ4v) is 6.46. The van der Waals surface area contributed by atoms with Crippen LogP contribution in [0.5, 0.6) is 23.0 Å². The number of fused-ring (bicyclic) bond motifs is 1. The number of pyridine rings is 1. The minimum Gasteiger partial charge on any atom is -0.504 e. The third kappa shape index (κ3) is 6.27. The van der Waals surface area contributed by atoms with Gasteiger partial charge in [-0.1, -0.05) is 0 Å². The van der Waals surface area contributed by atoms with Gasteiger partial charge in [0.2, 0.25) is 0 Å². The molecule has 0 amide bonds. The number of H-pyrrole nitrogens is 1. The smallest absolute Gasteiger partial charge is 0.274 e. The van der Waals surface area contributed by atoms with Gasteiger partial charge < -0.3 is 29.4 Å². The van der Waals surface area contributed by atoms with Gasteiger partial charge in [-0.15, -0.1) is 0 Å². The van der Waals surface area contributed by atoms with Crippen molar-refractivity contribution >= 4 is 26.6 Å². The zero-order chi connectivity index (χ0) is 32.7. The minimum absolute atomic E-state index is 0.0877. The van der Waals surface area contributed by atoms with Crippen molar-refractivity contribution in [1.82, 2.24) is 19.4 Å². The SMILES string of the molecule is CN1CCN(Cc2cc3c(-c4cc(NS(=O)(=O)c5ccc(O)c(O)c5)ccc4Oc4ccc(F)cc4F)cn(C)c(=O)c3[nH]2)CC1. The van der Waals surface area contributed by atoms with Crippen molar-refractivity contribution in [3.05, 3.63) is 94.5 Å². The second-order valence-corrected chi connectivity index (χ2v) is 12.9. The molecular formula is C32H31F2N5O6S. The lowest BCUT2D eigenvalue weighted by atomic mass is 10.0. The number of benzene rings is 3. The van der Waals surface area contributed by atoms with E-state index in [0.29, 0.717) is 34.6 Å². The first-order valence-electron chi connectivity index (χ1n) is 14.3. The lowest BCUT2D eigenvalue weighted by Crippen LogP contribution is -2.43. The van der Waals surface area contributed by atoms with Gasteiger partial charge in [-0.3, -0.25) is 14.4 Å². The summed E-state index contributed by atoms with van der Waals surface area (Å²) in [6, 6.07) is 12.1. The number of phenols is 2. The zero-order valence-electron chi connectivity index (χ0n) is 24.9. The van der Waals surface area contributed by atoms with Gasteiger partial charge in [-0.25, -0.2) is 17.2 Å². The van der Waals surface area contributed by atoms with Gasteiger partial charge in [0, 0.05) is 86.0 Å². The zero-order valence-corrected chi connectivity index (χ0v) is 25.7. The highest BCUT2D eigenvalue weighted by Crippen LogP contribution is 2.40. The number of hydrogen-bond donors (Lipinski definition) is 4. The van der Waals surface area contributed by atoms with Crippen molar-refractivity contribution in [2.75, 3.05) is 37.9 Å². The molecule has 3 aromatic carbocycles. The van der Waals surface area contributed by atoms with Gasteiger partial charge in [-0.05, 0) is 55.6 Å². The summed E-state index contributed by atoms with van der Waals surface area (Å²) in [4.78, 5) is 20.7. The molecule has 1 saturated heterocycles. The highest BCUT2D eigenvalue weighted by Gasteiger charge is 2.22. The summed E-state index contributed by atoms with van der Waals surface area (Å²) in [6.07, 6.45) is 1.58. The molecule has 4 N–H and O–H groups in total. The first-order valence-corrected chi connectivity index (χ1v) is 15.8. The second kappa shape index (κ2) is 12.1. The van der Waals surface area contributed by atoms with Crippen LogP contribution in [0.4, 0.5) is 14.5 Å². The molecule has 1 fully saturated rings. The number of aromatic amines is 1. The number of piperazine rings is 1. The number of rotatable bonds is 8. The number of likely N-dealkylation sites (N-methyl/N-ethyl adjacent to an activating group) is 1. The number of anilines is 1. The van der Waals surface area contributed by atoms with Crippen LogP contribution in [0.15, 0.2) is 76.6 Å². The average Bonchev–Trinajstić information content (AvgIpc) is 3.43. The standard InChI is InChI=1S/C32H31F2N5O6S/c1-37-9-11-39(12-10-37)17-21-15-24-25(18-38(2)32(42)31(24)35-21)23-14-20(36-46(43,44)22-5-6-27(40)28(41)16-22)4-8-29(23)45-30-7-3-19(33)13-26(30)34/h3-8,13-16,18,35-36,40-41H,9-12,17H2,1-2H3. The molecule has 3 heterocycles. The molecule has 0 atom stereocenters. The van der Waals surface area contributed by atoms with Crippen LogP contribution in [0.1, 0.15) is 5.69 Å². The molecule has 2 aromatic heterocycles. The summed E-state index contributed by atoms with van der Waals surface area (Å²) in [6.45, 7) is 4.13. The predicted molar refractivity (Wildman–Crippen MR) is 169 cm³/mol. The van der Waals surface area contributed by atoms with Crippen molar-refractivity contribution in [3.63, 3.8) is 0 Å². The molecule has 0 spiro atoms. The third-order valence-electron chi connectivity index (χ3n) is 7.90. The number of phenolic OH excluding ortho intramolecular Hbond substituents is 2. The van der Waals surface area contributed by atoms with Crippen molar-refractivity contribution in [2.24, 2.45) is 7.05 Å². The van der Waals surface area contributed by atoms with Crippen LogP contribution < -0.4 is 15.0 Å². The maximum atomic E-state index is 14.7. The van der Waals surface area contributed by atoms with Crippen LogP contribution in [0.25, 0.3) is 22.0 Å². The molecule has 0 bridgehead atoms. The maximum Gasteiger partial charge on any atom is 0.274 e. The summed E-state index contributed by atoms with van der Waals surface area (Å²) in [5, 5.41) is 20.0. The first kappa shape index (κ1) is 31.1. The van der Waals surface area contributed by atoms with Crippen LogP contribution in [0, 0.1) is 11.6 Å². The highest BCUT2D eigenvalue weighted by atomic mass is 32.2. The molecule has 14 heteroatoms. The molecule has 46 heavy (non-hydrogen) atoms. The molecule has 11 nitrogen and oxygen atoms in total. The summed E-state index contributed by atoms with van der Waals surface area (Å²) in [5.41, 5.74) is 1.74. The number of nitrogens with one attached hydrogen (secondary N) is 2. The van der Waals surface area contributed by atoms with E-state index in [-0.39, 0.29) is 27.6 Å². The van der Waals surface area contributed by atoms with Gasteiger partial charge in [0.25, 0.3) is 15.6 Å². The predicted octanol–water partition coefficient (Wildman–Crippen LogP) is 4.56.